The average Bonchev–Trinajstić information content (AvgIpc) is 2.46. The molecule has 0 aliphatic carbocycles. The van der Waals surface area contributed by atoms with Gasteiger partial charge < -0.3 is 20.5 Å². The zero-order valence-corrected chi connectivity index (χ0v) is 12.5. The second-order valence-electron chi connectivity index (χ2n) is 5.60. The number of aliphatic carboxylic acids is 1. The molecule has 116 valence electrons. The third-order valence-corrected chi connectivity index (χ3v) is 3.86. The predicted molar refractivity (Wildman–Crippen MR) is 81.6 cm³/mol. The Kier molecular flexibility index (Phi) is 5.59. The monoisotopic (exact) mass is 292 g/mol. The number of benzene rings is 1. The van der Waals surface area contributed by atoms with Crippen LogP contribution >= 0.6 is 0 Å². The van der Waals surface area contributed by atoms with Crippen LogP contribution in [-0.4, -0.2) is 48.3 Å². The molecule has 0 radical (unpaired) electrons. The summed E-state index contributed by atoms with van der Waals surface area (Å²) in [6.45, 7) is 4.84. The third-order valence-electron chi connectivity index (χ3n) is 3.86. The van der Waals surface area contributed by atoms with Crippen LogP contribution < -0.4 is 10.5 Å². The van der Waals surface area contributed by atoms with Crippen LogP contribution in [0, 0.1) is 0 Å². The highest BCUT2D eigenvalue weighted by Gasteiger charge is 2.26. The number of hydrogen-bond donors (Lipinski definition) is 2. The number of nitrogens with two attached hydrogens (primary N) is 1. The van der Waals surface area contributed by atoms with E-state index in [9.17, 15) is 4.79 Å². The van der Waals surface area contributed by atoms with Gasteiger partial charge in [0.15, 0.2) is 0 Å². The molecular weight excluding hydrogens is 268 g/mol. The van der Waals surface area contributed by atoms with Gasteiger partial charge >= 0.3 is 5.97 Å². The SMILES string of the molecule is CCOc1ccc(C2CC(N)CN(CCC(=O)O)C2)cc1. The first-order valence-electron chi connectivity index (χ1n) is 7.51. The van der Waals surface area contributed by atoms with E-state index in [1.165, 1.54) is 5.56 Å². The quantitative estimate of drug-likeness (QED) is 0.834. The minimum absolute atomic E-state index is 0.101. The van der Waals surface area contributed by atoms with Crippen LogP contribution in [0.4, 0.5) is 0 Å². The second kappa shape index (κ2) is 7.43. The number of carbonyl (C=O) groups is 1. The second-order valence-corrected chi connectivity index (χ2v) is 5.60. The van der Waals surface area contributed by atoms with E-state index in [4.69, 9.17) is 15.6 Å². The Hall–Kier alpha value is -1.59. The van der Waals surface area contributed by atoms with Gasteiger partial charge in [-0.2, -0.15) is 0 Å². The lowest BCUT2D eigenvalue weighted by atomic mass is 9.88. The van der Waals surface area contributed by atoms with Gasteiger partial charge in [0.05, 0.1) is 13.0 Å². The Morgan fingerprint density at radius 2 is 2.10 bits per heavy atom. The molecule has 1 aliphatic heterocycles. The number of likely N-dealkylation sites (tertiary alicyclic amines) is 1. The van der Waals surface area contributed by atoms with E-state index in [2.05, 4.69) is 17.0 Å². The fourth-order valence-corrected chi connectivity index (χ4v) is 2.91. The van der Waals surface area contributed by atoms with Crippen molar-refractivity contribution in [1.82, 2.24) is 4.90 Å². The number of carboxylic acids is 1. The lowest BCUT2D eigenvalue weighted by Crippen LogP contribution is -2.46. The Bertz CT molecular complexity index is 461. The van der Waals surface area contributed by atoms with Crippen molar-refractivity contribution in [3.05, 3.63) is 29.8 Å². The molecule has 0 spiro atoms. The molecule has 1 heterocycles. The maximum atomic E-state index is 10.7. The van der Waals surface area contributed by atoms with Gasteiger partial charge in [-0.15, -0.1) is 0 Å². The molecular formula is C16H24N2O3. The molecule has 0 saturated carbocycles. The van der Waals surface area contributed by atoms with E-state index < -0.39 is 5.97 Å². The molecule has 2 unspecified atom stereocenters. The number of carboxylic acid groups (broad SMARTS) is 1. The van der Waals surface area contributed by atoms with E-state index in [1.807, 2.05) is 19.1 Å². The van der Waals surface area contributed by atoms with Gasteiger partial charge in [0.2, 0.25) is 0 Å². The summed E-state index contributed by atoms with van der Waals surface area (Å²) in [6, 6.07) is 8.25. The Labute approximate surface area is 125 Å². The van der Waals surface area contributed by atoms with Crippen molar-refractivity contribution >= 4 is 5.97 Å². The first-order chi connectivity index (χ1) is 10.1. The summed E-state index contributed by atoms with van der Waals surface area (Å²) in [7, 11) is 0. The Morgan fingerprint density at radius 3 is 2.71 bits per heavy atom. The van der Waals surface area contributed by atoms with Crippen LogP contribution in [0.1, 0.15) is 31.2 Å². The molecule has 21 heavy (non-hydrogen) atoms. The zero-order valence-electron chi connectivity index (χ0n) is 12.5. The first kappa shape index (κ1) is 15.8. The van der Waals surface area contributed by atoms with E-state index in [-0.39, 0.29) is 12.5 Å². The summed E-state index contributed by atoms with van der Waals surface area (Å²) in [4.78, 5) is 12.9. The summed E-state index contributed by atoms with van der Waals surface area (Å²) in [5.74, 6) is 0.481. The molecule has 3 N–H and O–H groups in total. The molecule has 1 fully saturated rings. The standard InChI is InChI=1S/C16H24N2O3/c1-2-21-15-5-3-12(4-6-15)13-9-14(17)11-18(10-13)8-7-16(19)20/h3-6,13-14H,2,7-11,17H2,1H3,(H,19,20). The third kappa shape index (κ3) is 4.72. The Balaban J connectivity index is 1.99. The summed E-state index contributed by atoms with van der Waals surface area (Å²) in [5, 5.41) is 8.80. The van der Waals surface area contributed by atoms with Crippen LogP contribution in [0.15, 0.2) is 24.3 Å². The number of nitrogens with zero attached hydrogens (tertiary/aromatic N) is 1. The van der Waals surface area contributed by atoms with Gasteiger partial charge in [0.1, 0.15) is 5.75 Å². The molecule has 5 heteroatoms. The lowest BCUT2D eigenvalue weighted by Gasteiger charge is -2.36. The molecule has 0 bridgehead atoms. The normalized spacial score (nSPS) is 23.0. The highest BCUT2D eigenvalue weighted by molar-refractivity contribution is 5.66. The van der Waals surface area contributed by atoms with E-state index in [0.717, 1.165) is 25.3 Å². The summed E-state index contributed by atoms with van der Waals surface area (Å²) in [6.07, 6.45) is 1.11. The van der Waals surface area contributed by atoms with Crippen LogP contribution in [-0.2, 0) is 4.79 Å². The average molecular weight is 292 g/mol. The molecule has 2 atom stereocenters. The largest absolute Gasteiger partial charge is 0.494 e. The molecule has 1 aromatic rings. The van der Waals surface area contributed by atoms with Crippen molar-refractivity contribution < 1.29 is 14.6 Å². The van der Waals surface area contributed by atoms with E-state index in [1.54, 1.807) is 0 Å². The number of hydrogen-bond acceptors (Lipinski definition) is 4. The fraction of sp³-hybridized carbons (Fsp3) is 0.562. The molecule has 2 rings (SSSR count). The molecule has 1 aliphatic rings. The first-order valence-corrected chi connectivity index (χ1v) is 7.51. The molecule has 1 saturated heterocycles. The van der Waals surface area contributed by atoms with Crippen molar-refractivity contribution in [2.24, 2.45) is 5.73 Å². The summed E-state index contributed by atoms with van der Waals surface area (Å²) >= 11 is 0. The number of piperidine rings is 1. The minimum Gasteiger partial charge on any atom is -0.494 e. The smallest absolute Gasteiger partial charge is 0.304 e. The van der Waals surface area contributed by atoms with Crippen molar-refractivity contribution in [2.75, 3.05) is 26.2 Å². The Morgan fingerprint density at radius 1 is 1.38 bits per heavy atom. The molecule has 0 amide bonds. The van der Waals surface area contributed by atoms with Gasteiger partial charge in [0, 0.05) is 25.7 Å². The maximum absolute atomic E-state index is 10.7. The van der Waals surface area contributed by atoms with Crippen molar-refractivity contribution in [3.8, 4) is 5.75 Å². The zero-order chi connectivity index (χ0) is 15.2. The molecule has 5 nitrogen and oxygen atoms in total. The number of rotatable bonds is 6. The van der Waals surface area contributed by atoms with Gasteiger partial charge in [-0.3, -0.25) is 4.79 Å². The van der Waals surface area contributed by atoms with Crippen LogP contribution in [0.3, 0.4) is 0 Å². The highest BCUT2D eigenvalue weighted by atomic mass is 16.5. The number of ether oxygens (including phenoxy) is 1. The lowest BCUT2D eigenvalue weighted by molar-refractivity contribution is -0.137. The van der Waals surface area contributed by atoms with E-state index in [0.29, 0.717) is 19.1 Å². The van der Waals surface area contributed by atoms with Gasteiger partial charge in [-0.05, 0) is 37.0 Å². The van der Waals surface area contributed by atoms with Crippen molar-refractivity contribution in [1.29, 1.82) is 0 Å². The molecule has 0 aromatic heterocycles. The van der Waals surface area contributed by atoms with Gasteiger partial charge in [-0.1, -0.05) is 12.1 Å². The topological polar surface area (TPSA) is 75.8 Å². The van der Waals surface area contributed by atoms with Crippen LogP contribution in [0.25, 0.3) is 0 Å². The summed E-state index contributed by atoms with van der Waals surface area (Å²) < 4.78 is 5.45. The van der Waals surface area contributed by atoms with Gasteiger partial charge in [-0.25, -0.2) is 0 Å². The summed E-state index contributed by atoms with van der Waals surface area (Å²) in [5.41, 5.74) is 7.37. The van der Waals surface area contributed by atoms with Crippen molar-refractivity contribution in [2.45, 2.75) is 31.7 Å². The maximum Gasteiger partial charge on any atom is 0.304 e. The fourth-order valence-electron chi connectivity index (χ4n) is 2.91. The van der Waals surface area contributed by atoms with Crippen LogP contribution in [0.5, 0.6) is 5.75 Å². The predicted octanol–water partition coefficient (Wildman–Crippen LogP) is 1.68. The van der Waals surface area contributed by atoms with E-state index >= 15 is 0 Å². The van der Waals surface area contributed by atoms with Gasteiger partial charge in [0.25, 0.3) is 0 Å². The van der Waals surface area contributed by atoms with Crippen molar-refractivity contribution in [3.63, 3.8) is 0 Å². The molecule has 1 aromatic carbocycles. The van der Waals surface area contributed by atoms with Crippen LogP contribution in [0.2, 0.25) is 0 Å². The minimum atomic E-state index is -0.758. The highest BCUT2D eigenvalue weighted by Crippen LogP contribution is 2.28.